The highest BCUT2D eigenvalue weighted by atomic mass is 16.4. The number of carboxylic acids is 1. The van der Waals surface area contributed by atoms with Gasteiger partial charge in [0.2, 0.25) is 0 Å². The molecule has 3 N–H and O–H groups in total. The molecule has 3 unspecified atom stereocenters. The van der Waals surface area contributed by atoms with Crippen molar-refractivity contribution in [1.82, 2.24) is 0 Å². The molecule has 1 aliphatic rings. The van der Waals surface area contributed by atoms with E-state index in [0.29, 0.717) is 12.8 Å². The van der Waals surface area contributed by atoms with E-state index >= 15 is 0 Å². The Morgan fingerprint density at radius 2 is 2.23 bits per heavy atom. The van der Waals surface area contributed by atoms with E-state index in [0.717, 1.165) is 0 Å². The number of hydrogen-bond acceptors (Lipinski definition) is 3. The Kier molecular flexibility index (Phi) is 2.93. The fourth-order valence-electron chi connectivity index (χ4n) is 2.26. The molecule has 1 rings (SSSR count). The predicted octanol–water partition coefficient (Wildman–Crippen LogP) is 0.231. The Morgan fingerprint density at radius 1 is 1.62 bits per heavy atom. The topological polar surface area (TPSA) is 77.8 Å². The SMILES string of the molecule is CC1(CC(=O)O)CC(O)CC1CO. The third-order valence-corrected chi connectivity index (χ3v) is 3.02. The lowest BCUT2D eigenvalue weighted by Crippen LogP contribution is -2.27. The summed E-state index contributed by atoms with van der Waals surface area (Å²) in [5, 5.41) is 27.1. The van der Waals surface area contributed by atoms with E-state index in [1.807, 2.05) is 6.92 Å². The number of carboxylic acid groups (broad SMARTS) is 1. The first-order valence-corrected chi connectivity index (χ1v) is 4.48. The minimum atomic E-state index is -0.866. The van der Waals surface area contributed by atoms with E-state index in [9.17, 15) is 9.90 Å². The van der Waals surface area contributed by atoms with Crippen LogP contribution in [-0.2, 0) is 4.79 Å². The first-order chi connectivity index (χ1) is 5.98. The van der Waals surface area contributed by atoms with Gasteiger partial charge in [0.05, 0.1) is 12.5 Å². The highest BCUT2D eigenvalue weighted by molar-refractivity contribution is 5.67. The Labute approximate surface area is 77.2 Å². The van der Waals surface area contributed by atoms with Gasteiger partial charge in [-0.05, 0) is 24.2 Å². The minimum absolute atomic E-state index is 0.0231. The van der Waals surface area contributed by atoms with E-state index in [4.69, 9.17) is 10.2 Å². The highest BCUT2D eigenvalue weighted by Crippen LogP contribution is 2.45. The van der Waals surface area contributed by atoms with Gasteiger partial charge in [0, 0.05) is 6.61 Å². The van der Waals surface area contributed by atoms with Gasteiger partial charge in [0.1, 0.15) is 0 Å². The molecule has 1 aliphatic carbocycles. The first kappa shape index (κ1) is 10.5. The lowest BCUT2D eigenvalue weighted by molar-refractivity contribution is -0.140. The fraction of sp³-hybridized carbons (Fsp3) is 0.889. The molecule has 0 aromatic heterocycles. The maximum absolute atomic E-state index is 10.6. The van der Waals surface area contributed by atoms with Crippen LogP contribution in [0.1, 0.15) is 26.2 Å². The van der Waals surface area contributed by atoms with Crippen molar-refractivity contribution in [3.8, 4) is 0 Å². The number of aliphatic hydroxyl groups is 2. The van der Waals surface area contributed by atoms with Gasteiger partial charge in [-0.1, -0.05) is 6.92 Å². The summed E-state index contributed by atoms with van der Waals surface area (Å²) >= 11 is 0. The van der Waals surface area contributed by atoms with E-state index < -0.39 is 17.5 Å². The Bertz CT molecular complexity index is 204. The van der Waals surface area contributed by atoms with Crippen LogP contribution in [0.2, 0.25) is 0 Å². The third-order valence-electron chi connectivity index (χ3n) is 3.02. The summed E-state index contributed by atoms with van der Waals surface area (Å²) < 4.78 is 0. The predicted molar refractivity (Wildman–Crippen MR) is 46.2 cm³/mol. The van der Waals surface area contributed by atoms with Crippen LogP contribution in [0, 0.1) is 11.3 Å². The summed E-state index contributed by atoms with van der Waals surface area (Å²) in [6.45, 7) is 1.78. The van der Waals surface area contributed by atoms with Crippen LogP contribution in [0.25, 0.3) is 0 Å². The number of aliphatic carboxylic acids is 1. The van der Waals surface area contributed by atoms with Crippen LogP contribution >= 0.6 is 0 Å². The van der Waals surface area contributed by atoms with E-state index in [-0.39, 0.29) is 18.9 Å². The molecule has 13 heavy (non-hydrogen) atoms. The van der Waals surface area contributed by atoms with Gasteiger partial charge in [-0.25, -0.2) is 0 Å². The lowest BCUT2D eigenvalue weighted by atomic mass is 9.77. The molecule has 0 aliphatic heterocycles. The molecule has 76 valence electrons. The first-order valence-electron chi connectivity index (χ1n) is 4.48. The molecule has 0 aromatic carbocycles. The third kappa shape index (κ3) is 2.19. The lowest BCUT2D eigenvalue weighted by Gasteiger charge is -2.28. The fourth-order valence-corrected chi connectivity index (χ4v) is 2.26. The zero-order valence-corrected chi connectivity index (χ0v) is 7.73. The maximum Gasteiger partial charge on any atom is 0.303 e. The van der Waals surface area contributed by atoms with Crippen LogP contribution in [0.15, 0.2) is 0 Å². The standard InChI is InChI=1S/C9H16O4/c1-9(4-8(12)13)3-7(11)2-6(9)5-10/h6-7,10-11H,2-5H2,1H3,(H,12,13). The van der Waals surface area contributed by atoms with Crippen LogP contribution < -0.4 is 0 Å². The molecule has 0 amide bonds. The van der Waals surface area contributed by atoms with E-state index in [2.05, 4.69) is 0 Å². The molecular formula is C9H16O4. The summed E-state index contributed by atoms with van der Waals surface area (Å²) in [6.07, 6.45) is 0.557. The van der Waals surface area contributed by atoms with Crippen molar-refractivity contribution in [2.75, 3.05) is 6.61 Å². The maximum atomic E-state index is 10.6. The Balaban J connectivity index is 2.69. The molecule has 4 heteroatoms. The Hall–Kier alpha value is -0.610. The van der Waals surface area contributed by atoms with Gasteiger partial charge in [-0.2, -0.15) is 0 Å². The average molecular weight is 188 g/mol. The van der Waals surface area contributed by atoms with E-state index in [1.54, 1.807) is 0 Å². The number of carbonyl (C=O) groups is 1. The number of aliphatic hydroxyl groups excluding tert-OH is 2. The number of rotatable bonds is 3. The summed E-state index contributed by atoms with van der Waals surface area (Å²) in [5.74, 6) is -0.950. The van der Waals surface area contributed by atoms with Gasteiger partial charge in [-0.3, -0.25) is 4.79 Å². The monoisotopic (exact) mass is 188 g/mol. The van der Waals surface area contributed by atoms with Crippen molar-refractivity contribution < 1.29 is 20.1 Å². The molecule has 0 spiro atoms. The largest absolute Gasteiger partial charge is 0.481 e. The molecule has 0 saturated heterocycles. The summed E-state index contributed by atoms with van der Waals surface area (Å²) in [4.78, 5) is 10.6. The second kappa shape index (κ2) is 3.64. The van der Waals surface area contributed by atoms with Crippen LogP contribution in [0.4, 0.5) is 0 Å². The zero-order valence-electron chi connectivity index (χ0n) is 7.73. The van der Waals surface area contributed by atoms with Gasteiger partial charge in [-0.15, -0.1) is 0 Å². The Morgan fingerprint density at radius 3 is 2.69 bits per heavy atom. The summed E-state index contributed by atoms with van der Waals surface area (Å²) in [6, 6.07) is 0. The van der Waals surface area contributed by atoms with Gasteiger partial charge in [0.25, 0.3) is 0 Å². The van der Waals surface area contributed by atoms with E-state index in [1.165, 1.54) is 0 Å². The quantitative estimate of drug-likeness (QED) is 0.592. The van der Waals surface area contributed by atoms with Gasteiger partial charge < -0.3 is 15.3 Å². The molecule has 1 fully saturated rings. The molecule has 0 radical (unpaired) electrons. The molecule has 0 aromatic rings. The molecule has 4 nitrogen and oxygen atoms in total. The highest BCUT2D eigenvalue weighted by Gasteiger charge is 2.44. The average Bonchev–Trinajstić information content (AvgIpc) is 2.23. The molecule has 0 bridgehead atoms. The second-order valence-electron chi connectivity index (χ2n) is 4.20. The molecular weight excluding hydrogens is 172 g/mol. The molecule has 3 atom stereocenters. The van der Waals surface area contributed by atoms with Gasteiger partial charge in [0.15, 0.2) is 0 Å². The molecule has 1 saturated carbocycles. The number of hydrogen-bond donors (Lipinski definition) is 3. The second-order valence-corrected chi connectivity index (χ2v) is 4.20. The van der Waals surface area contributed by atoms with Crippen LogP contribution in [-0.4, -0.2) is 34.0 Å². The summed E-state index contributed by atoms with van der Waals surface area (Å²) in [7, 11) is 0. The van der Waals surface area contributed by atoms with Crippen molar-refractivity contribution in [2.45, 2.75) is 32.3 Å². The molecule has 0 heterocycles. The van der Waals surface area contributed by atoms with Crippen LogP contribution in [0.3, 0.4) is 0 Å². The summed E-state index contributed by atoms with van der Waals surface area (Å²) in [5.41, 5.74) is -0.444. The normalized spacial score (nSPS) is 39.3. The zero-order chi connectivity index (χ0) is 10.1. The van der Waals surface area contributed by atoms with Crippen molar-refractivity contribution in [3.63, 3.8) is 0 Å². The minimum Gasteiger partial charge on any atom is -0.481 e. The van der Waals surface area contributed by atoms with Crippen LogP contribution in [0.5, 0.6) is 0 Å². The van der Waals surface area contributed by atoms with Gasteiger partial charge >= 0.3 is 5.97 Å². The van der Waals surface area contributed by atoms with Crippen molar-refractivity contribution in [1.29, 1.82) is 0 Å². The smallest absolute Gasteiger partial charge is 0.303 e. The van der Waals surface area contributed by atoms with Crippen molar-refractivity contribution >= 4 is 5.97 Å². The van der Waals surface area contributed by atoms with Crippen molar-refractivity contribution in [3.05, 3.63) is 0 Å². The van der Waals surface area contributed by atoms with Crippen molar-refractivity contribution in [2.24, 2.45) is 11.3 Å².